The maximum atomic E-state index is 10.4. The van der Waals surface area contributed by atoms with E-state index in [1.807, 2.05) is 0 Å². The topological polar surface area (TPSA) is 57.5 Å². The average Bonchev–Trinajstić information content (AvgIpc) is 2.08. The Morgan fingerprint density at radius 2 is 2.00 bits per heavy atom. The highest BCUT2D eigenvalue weighted by molar-refractivity contribution is 6.33. The van der Waals surface area contributed by atoms with Gasteiger partial charge in [0.2, 0.25) is 0 Å². The summed E-state index contributed by atoms with van der Waals surface area (Å²) in [6.07, 6.45) is -1.63. The molecule has 13 heavy (non-hydrogen) atoms. The number of aliphatic carboxylic acids is 1. The van der Waals surface area contributed by atoms with Gasteiger partial charge < -0.3 is 10.2 Å². The van der Waals surface area contributed by atoms with E-state index >= 15 is 0 Å². The number of hydrogen-bond donors (Lipinski definition) is 2. The molecule has 1 atom stereocenters. The van der Waals surface area contributed by atoms with Gasteiger partial charge in [0.15, 0.2) is 6.10 Å². The van der Waals surface area contributed by atoms with Crippen LogP contribution in [0, 0.1) is 0 Å². The Balaban J connectivity index is 3.12. The van der Waals surface area contributed by atoms with E-state index < -0.39 is 12.1 Å². The predicted molar refractivity (Wildman–Crippen MR) is 49.1 cm³/mol. The second-order valence-corrected chi connectivity index (χ2v) is 3.25. The number of carboxylic acid groups (broad SMARTS) is 1. The van der Waals surface area contributed by atoms with Gasteiger partial charge in [-0.25, -0.2) is 4.79 Å². The lowest BCUT2D eigenvalue weighted by molar-refractivity contribution is -0.146. The second kappa shape index (κ2) is 3.96. The van der Waals surface area contributed by atoms with E-state index in [0.717, 1.165) is 0 Å². The summed E-state index contributed by atoms with van der Waals surface area (Å²) in [7, 11) is 0. The van der Waals surface area contributed by atoms with E-state index in [-0.39, 0.29) is 10.6 Å². The number of hydrogen-bond acceptors (Lipinski definition) is 2. The number of aliphatic hydroxyl groups excluding tert-OH is 1. The summed E-state index contributed by atoms with van der Waals surface area (Å²) in [4.78, 5) is 10.4. The minimum atomic E-state index is -1.63. The Hall–Kier alpha value is -0.770. The van der Waals surface area contributed by atoms with Crippen LogP contribution in [-0.4, -0.2) is 16.2 Å². The van der Waals surface area contributed by atoms with Crippen LogP contribution in [0.2, 0.25) is 10.0 Å². The third kappa shape index (κ3) is 2.34. The zero-order chi connectivity index (χ0) is 10.0. The van der Waals surface area contributed by atoms with E-state index in [0.29, 0.717) is 5.02 Å². The van der Waals surface area contributed by atoms with Gasteiger partial charge >= 0.3 is 5.97 Å². The predicted octanol–water partition coefficient (Wildman–Crippen LogP) is 2.11. The summed E-state index contributed by atoms with van der Waals surface area (Å²) in [5, 5.41) is 18.2. The van der Waals surface area contributed by atoms with Crippen LogP contribution in [0.5, 0.6) is 0 Å². The Kier molecular flexibility index (Phi) is 3.14. The number of halogens is 2. The largest absolute Gasteiger partial charge is 0.479 e. The Morgan fingerprint density at radius 1 is 1.38 bits per heavy atom. The fourth-order valence-corrected chi connectivity index (χ4v) is 1.26. The van der Waals surface area contributed by atoms with E-state index in [2.05, 4.69) is 0 Å². The van der Waals surface area contributed by atoms with Crippen molar-refractivity contribution in [2.75, 3.05) is 0 Å². The molecule has 2 N–H and O–H groups in total. The van der Waals surface area contributed by atoms with E-state index in [1.54, 1.807) is 0 Å². The third-order valence-corrected chi connectivity index (χ3v) is 2.07. The summed E-state index contributed by atoms with van der Waals surface area (Å²) < 4.78 is 0. The number of carbonyl (C=O) groups is 1. The van der Waals surface area contributed by atoms with Crippen LogP contribution in [0.3, 0.4) is 0 Å². The molecule has 1 aromatic carbocycles. The van der Waals surface area contributed by atoms with Gasteiger partial charge in [-0.3, -0.25) is 0 Å². The van der Waals surface area contributed by atoms with Gasteiger partial charge in [-0.2, -0.15) is 0 Å². The first-order valence-corrected chi connectivity index (χ1v) is 4.14. The molecule has 0 fully saturated rings. The first kappa shape index (κ1) is 10.3. The van der Waals surface area contributed by atoms with Gasteiger partial charge in [-0.05, 0) is 18.2 Å². The number of benzene rings is 1. The van der Waals surface area contributed by atoms with E-state index in [1.165, 1.54) is 18.2 Å². The van der Waals surface area contributed by atoms with Crippen molar-refractivity contribution in [2.45, 2.75) is 6.10 Å². The SMILES string of the molecule is O=C(O)C(O)c1cc(Cl)ccc1Cl. The molecular formula is C8H6Cl2O3. The standard InChI is InChI=1S/C8H6Cl2O3/c9-4-1-2-6(10)5(3-4)7(11)8(12)13/h1-3,7,11H,(H,12,13). The molecule has 1 unspecified atom stereocenters. The highest BCUT2D eigenvalue weighted by Gasteiger charge is 2.18. The molecule has 0 saturated heterocycles. The minimum Gasteiger partial charge on any atom is -0.479 e. The molecular weight excluding hydrogens is 215 g/mol. The Labute approximate surface area is 84.5 Å². The number of aliphatic hydroxyl groups is 1. The summed E-state index contributed by atoms with van der Waals surface area (Å²) in [5.74, 6) is -1.36. The van der Waals surface area contributed by atoms with Crippen LogP contribution in [0.4, 0.5) is 0 Å². The van der Waals surface area contributed by atoms with Crippen molar-refractivity contribution in [3.63, 3.8) is 0 Å². The Morgan fingerprint density at radius 3 is 2.54 bits per heavy atom. The molecule has 5 heteroatoms. The quantitative estimate of drug-likeness (QED) is 0.803. The molecule has 3 nitrogen and oxygen atoms in total. The maximum Gasteiger partial charge on any atom is 0.337 e. The molecule has 0 heterocycles. The lowest BCUT2D eigenvalue weighted by Crippen LogP contribution is -2.10. The van der Waals surface area contributed by atoms with E-state index in [4.69, 9.17) is 33.4 Å². The monoisotopic (exact) mass is 220 g/mol. The van der Waals surface area contributed by atoms with Crippen LogP contribution in [-0.2, 0) is 4.79 Å². The molecule has 0 amide bonds. The molecule has 70 valence electrons. The zero-order valence-corrected chi connectivity index (χ0v) is 7.88. The highest BCUT2D eigenvalue weighted by Crippen LogP contribution is 2.26. The first-order valence-electron chi connectivity index (χ1n) is 3.38. The van der Waals surface area contributed by atoms with Crippen molar-refractivity contribution in [3.05, 3.63) is 33.8 Å². The zero-order valence-electron chi connectivity index (χ0n) is 6.37. The molecule has 0 aliphatic rings. The smallest absolute Gasteiger partial charge is 0.337 e. The average molecular weight is 221 g/mol. The fourth-order valence-electron chi connectivity index (χ4n) is 0.857. The van der Waals surface area contributed by atoms with Gasteiger partial charge in [-0.1, -0.05) is 23.2 Å². The van der Waals surface area contributed by atoms with Crippen LogP contribution < -0.4 is 0 Å². The van der Waals surface area contributed by atoms with Crippen molar-refractivity contribution in [3.8, 4) is 0 Å². The summed E-state index contributed by atoms with van der Waals surface area (Å²) >= 11 is 11.3. The van der Waals surface area contributed by atoms with Crippen molar-refractivity contribution in [1.29, 1.82) is 0 Å². The molecule has 1 aromatic rings. The van der Waals surface area contributed by atoms with Gasteiger partial charge in [0.05, 0.1) is 0 Å². The fraction of sp³-hybridized carbons (Fsp3) is 0.125. The molecule has 0 spiro atoms. The molecule has 0 bridgehead atoms. The van der Waals surface area contributed by atoms with Crippen LogP contribution in [0.1, 0.15) is 11.7 Å². The summed E-state index contributed by atoms with van der Waals surface area (Å²) in [6.45, 7) is 0. The van der Waals surface area contributed by atoms with Gasteiger partial charge in [0, 0.05) is 15.6 Å². The number of rotatable bonds is 2. The van der Waals surface area contributed by atoms with Crippen molar-refractivity contribution >= 4 is 29.2 Å². The van der Waals surface area contributed by atoms with Crippen molar-refractivity contribution < 1.29 is 15.0 Å². The second-order valence-electron chi connectivity index (χ2n) is 2.41. The lowest BCUT2D eigenvalue weighted by Gasteiger charge is -2.07. The van der Waals surface area contributed by atoms with Crippen molar-refractivity contribution in [1.82, 2.24) is 0 Å². The van der Waals surface area contributed by atoms with Crippen LogP contribution in [0.25, 0.3) is 0 Å². The lowest BCUT2D eigenvalue weighted by atomic mass is 10.1. The van der Waals surface area contributed by atoms with Crippen molar-refractivity contribution in [2.24, 2.45) is 0 Å². The van der Waals surface area contributed by atoms with Crippen LogP contribution in [0.15, 0.2) is 18.2 Å². The molecule has 0 radical (unpaired) electrons. The van der Waals surface area contributed by atoms with Gasteiger partial charge in [0.25, 0.3) is 0 Å². The molecule has 0 aromatic heterocycles. The molecule has 0 saturated carbocycles. The maximum absolute atomic E-state index is 10.4. The van der Waals surface area contributed by atoms with Gasteiger partial charge in [0.1, 0.15) is 0 Å². The Bertz CT molecular complexity index is 338. The molecule has 1 rings (SSSR count). The normalized spacial score (nSPS) is 12.5. The number of carboxylic acids is 1. The summed E-state index contributed by atoms with van der Waals surface area (Å²) in [6, 6.07) is 4.27. The van der Waals surface area contributed by atoms with Crippen LogP contribution >= 0.6 is 23.2 Å². The molecule has 0 aliphatic carbocycles. The van der Waals surface area contributed by atoms with E-state index in [9.17, 15) is 4.79 Å². The summed E-state index contributed by atoms with van der Waals surface area (Å²) in [5.41, 5.74) is 0.0988. The molecule has 0 aliphatic heterocycles. The third-order valence-electron chi connectivity index (χ3n) is 1.49. The minimum absolute atomic E-state index is 0.0988. The first-order chi connectivity index (χ1) is 6.02. The highest BCUT2D eigenvalue weighted by atomic mass is 35.5. The van der Waals surface area contributed by atoms with Gasteiger partial charge in [-0.15, -0.1) is 0 Å².